The molecule has 6 rings (SSSR count). The summed E-state index contributed by atoms with van der Waals surface area (Å²) in [6, 6.07) is 4.14. The number of aromatic nitrogens is 3. The van der Waals surface area contributed by atoms with E-state index in [2.05, 4.69) is 16.5 Å². The van der Waals surface area contributed by atoms with Crippen LogP contribution in [0.1, 0.15) is 31.0 Å². The number of pyridine rings is 1. The number of amides is 2. The number of aryl methyl sites for hydroxylation is 1. The van der Waals surface area contributed by atoms with Crippen LogP contribution in [0.3, 0.4) is 0 Å². The first-order valence-electron chi connectivity index (χ1n) is 14.3. The molecule has 2 aromatic carbocycles. The molecular formula is C32H29ClF2N6O4. The van der Waals surface area contributed by atoms with Crippen LogP contribution in [0, 0.1) is 18.6 Å². The Labute approximate surface area is 261 Å². The van der Waals surface area contributed by atoms with Crippen LogP contribution in [0.15, 0.2) is 47.9 Å². The van der Waals surface area contributed by atoms with Crippen LogP contribution in [-0.4, -0.2) is 69.1 Å². The van der Waals surface area contributed by atoms with Crippen molar-refractivity contribution in [2.75, 3.05) is 36.5 Å². The first-order chi connectivity index (χ1) is 21.4. The third kappa shape index (κ3) is 4.46. The smallest absolute Gasteiger partial charge is 0.354 e. The van der Waals surface area contributed by atoms with Gasteiger partial charge in [-0.1, -0.05) is 38.1 Å². The average molecular weight is 635 g/mol. The van der Waals surface area contributed by atoms with Crippen LogP contribution < -0.4 is 15.5 Å². The van der Waals surface area contributed by atoms with Gasteiger partial charge >= 0.3 is 5.69 Å². The predicted molar refractivity (Wildman–Crippen MR) is 167 cm³/mol. The molecular weight excluding hydrogens is 606 g/mol. The van der Waals surface area contributed by atoms with Crippen LogP contribution >= 0.6 is 11.6 Å². The van der Waals surface area contributed by atoms with E-state index in [0.717, 1.165) is 16.7 Å². The molecule has 4 aromatic rings. The van der Waals surface area contributed by atoms with Crippen molar-refractivity contribution < 1.29 is 23.5 Å². The minimum absolute atomic E-state index is 0.00704. The number of rotatable bonds is 4. The predicted octanol–water partition coefficient (Wildman–Crippen LogP) is 4.70. The number of halogens is 3. The average Bonchev–Trinajstić information content (AvgIpc) is 3.09. The molecule has 1 atom stereocenters. The number of phenolic OH excluding ortho intramolecular Hbond substituents is 1. The lowest BCUT2D eigenvalue weighted by Gasteiger charge is -2.40. The van der Waals surface area contributed by atoms with Crippen LogP contribution in [0.5, 0.6) is 5.75 Å². The van der Waals surface area contributed by atoms with E-state index >= 15 is 8.78 Å². The fourth-order valence-electron chi connectivity index (χ4n) is 6.28. The van der Waals surface area contributed by atoms with Crippen molar-refractivity contribution in [1.82, 2.24) is 19.4 Å². The maximum atomic E-state index is 17.3. The summed E-state index contributed by atoms with van der Waals surface area (Å²) in [4.78, 5) is 54.0. The molecule has 1 saturated heterocycles. The molecule has 45 heavy (non-hydrogen) atoms. The number of benzene rings is 2. The van der Waals surface area contributed by atoms with Gasteiger partial charge in [-0.3, -0.25) is 19.1 Å². The lowest BCUT2D eigenvalue weighted by Crippen LogP contribution is -2.60. The van der Waals surface area contributed by atoms with Gasteiger partial charge in [-0.25, -0.2) is 13.6 Å². The van der Waals surface area contributed by atoms with Gasteiger partial charge in [-0.05, 0) is 42.7 Å². The molecule has 0 saturated carbocycles. The summed E-state index contributed by atoms with van der Waals surface area (Å²) in [6.45, 7) is 9.23. The number of hydrogen-bond acceptors (Lipinski definition) is 7. The Morgan fingerprint density at radius 2 is 1.89 bits per heavy atom. The molecule has 4 heterocycles. The zero-order valence-electron chi connectivity index (χ0n) is 24.9. The number of carbonyl (C=O) groups is 2. The molecule has 0 aliphatic carbocycles. The molecule has 1 fully saturated rings. The molecule has 0 radical (unpaired) electrons. The van der Waals surface area contributed by atoms with Gasteiger partial charge in [-0.2, -0.15) is 4.98 Å². The second-order valence-corrected chi connectivity index (χ2v) is 11.8. The van der Waals surface area contributed by atoms with E-state index in [1.54, 1.807) is 24.1 Å². The molecule has 0 bridgehead atoms. The van der Waals surface area contributed by atoms with E-state index in [9.17, 15) is 19.5 Å². The van der Waals surface area contributed by atoms with Crippen molar-refractivity contribution in [2.45, 2.75) is 32.7 Å². The summed E-state index contributed by atoms with van der Waals surface area (Å²) >= 11 is 6.92. The quantitative estimate of drug-likeness (QED) is 0.324. The molecule has 10 nitrogen and oxygen atoms in total. The number of aromatic hydroxyl groups is 1. The Balaban J connectivity index is 1.82. The van der Waals surface area contributed by atoms with Crippen LogP contribution in [0.25, 0.3) is 27.7 Å². The minimum Gasteiger partial charge on any atom is -0.507 e. The van der Waals surface area contributed by atoms with E-state index in [1.807, 2.05) is 13.8 Å². The highest BCUT2D eigenvalue weighted by Crippen LogP contribution is 2.50. The number of piperazine rings is 1. The Bertz CT molecular complexity index is 1990. The third-order valence-electron chi connectivity index (χ3n) is 8.42. The lowest BCUT2D eigenvalue weighted by molar-refractivity contribution is -0.128. The Kier molecular flexibility index (Phi) is 7.35. The van der Waals surface area contributed by atoms with Crippen molar-refractivity contribution in [1.29, 1.82) is 0 Å². The van der Waals surface area contributed by atoms with Crippen LogP contribution in [0.4, 0.5) is 20.3 Å². The monoisotopic (exact) mass is 634 g/mol. The molecule has 0 spiro atoms. The van der Waals surface area contributed by atoms with Gasteiger partial charge in [0.2, 0.25) is 5.91 Å². The molecule has 1 unspecified atom stereocenters. The second-order valence-electron chi connectivity index (χ2n) is 11.4. The molecule has 2 aromatic heterocycles. The second kappa shape index (κ2) is 11.0. The Morgan fingerprint density at radius 1 is 1.16 bits per heavy atom. The lowest BCUT2D eigenvalue weighted by atomic mass is 9.98. The highest BCUT2D eigenvalue weighted by atomic mass is 35.5. The standard InChI is InChI=1S/C32H29ClF2N6O4/c1-6-20(43)39-12-13-40-18(14-39)31(44)38(5)28-23-29(25(35)22(24(28)33)21-17(34)8-7-9-19(21)42)41(32(45)37-30(23)40)27-16(4)10-11-36-26(27)15(2)3/h6-11,15,18,42H,1,12-14H2,2-5H3. The Morgan fingerprint density at radius 3 is 2.56 bits per heavy atom. The van der Waals surface area contributed by atoms with Gasteiger partial charge in [0, 0.05) is 31.9 Å². The Hall–Kier alpha value is -4.84. The number of phenols is 1. The highest BCUT2D eigenvalue weighted by molar-refractivity contribution is 6.39. The van der Waals surface area contributed by atoms with Crippen molar-refractivity contribution in [3.63, 3.8) is 0 Å². The number of likely N-dealkylation sites (N-methyl/N-ethyl adjacent to an activating group) is 1. The number of carbonyl (C=O) groups excluding carboxylic acids is 2. The first kappa shape index (κ1) is 30.2. The van der Waals surface area contributed by atoms with Crippen molar-refractivity contribution in [3.05, 3.63) is 81.5 Å². The number of nitrogens with zero attached hydrogens (tertiary/aromatic N) is 6. The molecule has 13 heteroatoms. The molecule has 2 aliphatic rings. The SMILES string of the molecule is C=CC(=O)N1CCN2c3nc(=O)n(-c4c(C)ccnc4C(C)C)c4c(F)c(-c5c(O)cccc5F)c(Cl)c(c34)N(C)C(=O)C2C1. The van der Waals surface area contributed by atoms with Gasteiger partial charge in [0.1, 0.15) is 28.9 Å². The zero-order chi connectivity index (χ0) is 32.5. The topological polar surface area (TPSA) is 112 Å². The van der Waals surface area contributed by atoms with Gasteiger partial charge in [0.05, 0.1) is 39.6 Å². The number of anilines is 2. The summed E-state index contributed by atoms with van der Waals surface area (Å²) in [5, 5.41) is 10.4. The van der Waals surface area contributed by atoms with E-state index in [1.165, 1.54) is 29.0 Å². The van der Waals surface area contributed by atoms with Gasteiger partial charge in [-0.15, -0.1) is 0 Å². The number of fused-ring (bicyclic) bond motifs is 2. The fraction of sp³-hybridized carbons (Fsp3) is 0.281. The van der Waals surface area contributed by atoms with Gasteiger partial charge < -0.3 is 19.8 Å². The van der Waals surface area contributed by atoms with Crippen LogP contribution in [-0.2, 0) is 9.59 Å². The van der Waals surface area contributed by atoms with Crippen molar-refractivity contribution in [2.24, 2.45) is 0 Å². The maximum Gasteiger partial charge on any atom is 0.354 e. The molecule has 2 amide bonds. The normalized spacial score (nSPS) is 16.3. The summed E-state index contributed by atoms with van der Waals surface area (Å²) in [6.07, 6.45) is 2.73. The van der Waals surface area contributed by atoms with Gasteiger partial charge in [0.15, 0.2) is 5.82 Å². The zero-order valence-corrected chi connectivity index (χ0v) is 25.7. The molecule has 2 aliphatic heterocycles. The summed E-state index contributed by atoms with van der Waals surface area (Å²) in [5.74, 6) is -3.77. The van der Waals surface area contributed by atoms with Crippen molar-refractivity contribution in [3.8, 4) is 22.6 Å². The summed E-state index contributed by atoms with van der Waals surface area (Å²) in [7, 11) is 1.43. The largest absolute Gasteiger partial charge is 0.507 e. The van der Waals surface area contributed by atoms with E-state index < -0.39 is 46.1 Å². The summed E-state index contributed by atoms with van der Waals surface area (Å²) in [5.41, 5.74) is -0.931. The molecule has 1 N–H and O–H groups in total. The maximum absolute atomic E-state index is 17.3. The van der Waals surface area contributed by atoms with Gasteiger partial charge in [0.25, 0.3) is 5.91 Å². The van der Waals surface area contributed by atoms with Crippen molar-refractivity contribution >= 4 is 45.8 Å². The van der Waals surface area contributed by atoms with E-state index in [4.69, 9.17) is 11.6 Å². The third-order valence-corrected chi connectivity index (χ3v) is 8.79. The summed E-state index contributed by atoms with van der Waals surface area (Å²) < 4.78 is 33.8. The number of hydrogen-bond donors (Lipinski definition) is 1. The molecule has 232 valence electrons. The first-order valence-corrected chi connectivity index (χ1v) is 14.6. The highest BCUT2D eigenvalue weighted by Gasteiger charge is 2.43. The van der Waals surface area contributed by atoms with E-state index in [0.29, 0.717) is 11.3 Å². The fourth-order valence-corrected chi connectivity index (χ4v) is 6.68. The van der Waals surface area contributed by atoms with Crippen LogP contribution in [0.2, 0.25) is 5.02 Å². The minimum atomic E-state index is -1.10. The van der Waals surface area contributed by atoms with E-state index in [-0.39, 0.29) is 64.6 Å².